The lowest BCUT2D eigenvalue weighted by atomic mass is 9.91. The fourth-order valence-corrected chi connectivity index (χ4v) is 3.84. The van der Waals surface area contributed by atoms with Gasteiger partial charge in [-0.1, -0.05) is 19.9 Å². The highest BCUT2D eigenvalue weighted by molar-refractivity contribution is 7.89. The van der Waals surface area contributed by atoms with Gasteiger partial charge < -0.3 is 5.11 Å². The van der Waals surface area contributed by atoms with Gasteiger partial charge in [-0.3, -0.25) is 9.59 Å². The molecule has 0 aliphatic heterocycles. The van der Waals surface area contributed by atoms with Gasteiger partial charge in [0.25, 0.3) is 0 Å². The summed E-state index contributed by atoms with van der Waals surface area (Å²) in [6, 6.07) is 3.18. The second kappa shape index (κ2) is 6.18. The number of sulfonamides is 1. The Bertz CT molecular complexity index is 709. The van der Waals surface area contributed by atoms with Crippen LogP contribution < -0.4 is 4.72 Å². The number of aliphatic carboxylic acids is 1. The number of benzene rings is 1. The summed E-state index contributed by atoms with van der Waals surface area (Å²) < 4.78 is 26.9. The van der Waals surface area contributed by atoms with Crippen LogP contribution in [0.15, 0.2) is 23.1 Å². The van der Waals surface area contributed by atoms with E-state index in [1.54, 1.807) is 19.9 Å². The number of carbonyl (C=O) groups is 2. The van der Waals surface area contributed by atoms with E-state index >= 15 is 0 Å². The summed E-state index contributed by atoms with van der Waals surface area (Å²) in [4.78, 5) is 23.0. The quantitative estimate of drug-likeness (QED) is 0.856. The van der Waals surface area contributed by atoms with Crippen molar-refractivity contribution in [2.24, 2.45) is 5.92 Å². The molecule has 1 aromatic rings. The fourth-order valence-electron chi connectivity index (χ4n) is 2.48. The monoisotopic (exact) mass is 325 g/mol. The summed E-state index contributed by atoms with van der Waals surface area (Å²) in [6.45, 7) is 3.25. The summed E-state index contributed by atoms with van der Waals surface area (Å²) in [6.07, 6.45) is 1.93. The maximum Gasteiger partial charge on any atom is 0.322 e. The summed E-state index contributed by atoms with van der Waals surface area (Å²) in [5.41, 5.74) is 1.26. The number of nitrogens with one attached hydrogen (secondary N) is 1. The Balaban J connectivity index is 2.36. The molecule has 1 atom stereocenters. The molecular formula is C15H19NO5S. The van der Waals surface area contributed by atoms with Crippen molar-refractivity contribution < 1.29 is 23.1 Å². The highest BCUT2D eigenvalue weighted by Gasteiger charge is 2.29. The summed E-state index contributed by atoms with van der Waals surface area (Å²) in [7, 11) is -3.99. The fraction of sp³-hybridized carbons (Fsp3) is 0.467. The molecule has 0 saturated heterocycles. The molecule has 1 aromatic carbocycles. The van der Waals surface area contributed by atoms with E-state index in [9.17, 15) is 18.0 Å². The number of fused-ring (bicyclic) bond motifs is 1. The summed E-state index contributed by atoms with van der Waals surface area (Å²) in [5.74, 6) is -1.70. The van der Waals surface area contributed by atoms with Gasteiger partial charge in [0.15, 0.2) is 5.78 Å². The van der Waals surface area contributed by atoms with Crippen molar-refractivity contribution in [2.75, 3.05) is 0 Å². The summed E-state index contributed by atoms with van der Waals surface area (Å²) in [5, 5.41) is 9.11. The maximum atomic E-state index is 12.4. The van der Waals surface area contributed by atoms with Gasteiger partial charge in [-0.05, 0) is 36.5 Å². The van der Waals surface area contributed by atoms with Gasteiger partial charge in [0.05, 0.1) is 4.90 Å². The van der Waals surface area contributed by atoms with Crippen molar-refractivity contribution in [3.8, 4) is 0 Å². The van der Waals surface area contributed by atoms with Crippen LogP contribution in [-0.2, 0) is 21.2 Å². The van der Waals surface area contributed by atoms with Crippen LogP contribution in [0.25, 0.3) is 0 Å². The number of carboxylic acids is 1. The van der Waals surface area contributed by atoms with Crippen molar-refractivity contribution in [3.05, 3.63) is 29.3 Å². The lowest BCUT2D eigenvalue weighted by Crippen LogP contribution is -2.44. The number of Topliss-reactive ketones (excluding diaryl/α,β-unsaturated/α-hetero) is 1. The van der Waals surface area contributed by atoms with Gasteiger partial charge in [-0.15, -0.1) is 0 Å². The molecule has 120 valence electrons. The molecule has 1 aliphatic carbocycles. The first-order chi connectivity index (χ1) is 10.2. The Hall–Kier alpha value is -1.73. The molecule has 2 N–H and O–H groups in total. The molecule has 7 heteroatoms. The van der Waals surface area contributed by atoms with Gasteiger partial charge in [0.1, 0.15) is 6.04 Å². The average Bonchev–Trinajstić information content (AvgIpc) is 2.44. The van der Waals surface area contributed by atoms with Gasteiger partial charge >= 0.3 is 5.97 Å². The van der Waals surface area contributed by atoms with E-state index < -0.39 is 28.0 Å². The zero-order valence-corrected chi connectivity index (χ0v) is 13.3. The normalized spacial score (nSPS) is 16.4. The smallest absolute Gasteiger partial charge is 0.322 e. The van der Waals surface area contributed by atoms with Crippen molar-refractivity contribution in [1.29, 1.82) is 0 Å². The Morgan fingerprint density at radius 2 is 1.95 bits per heavy atom. The Morgan fingerprint density at radius 1 is 1.27 bits per heavy atom. The van der Waals surface area contributed by atoms with E-state index in [4.69, 9.17) is 5.11 Å². The van der Waals surface area contributed by atoms with Crippen LogP contribution in [-0.4, -0.2) is 31.3 Å². The van der Waals surface area contributed by atoms with E-state index in [0.29, 0.717) is 12.0 Å². The molecule has 0 saturated carbocycles. The second-order valence-electron chi connectivity index (χ2n) is 5.78. The van der Waals surface area contributed by atoms with Gasteiger partial charge in [0.2, 0.25) is 10.0 Å². The van der Waals surface area contributed by atoms with Gasteiger partial charge in [0, 0.05) is 12.0 Å². The molecule has 1 aliphatic rings. The van der Waals surface area contributed by atoms with Crippen LogP contribution in [0.5, 0.6) is 0 Å². The Kier molecular flexibility index (Phi) is 4.67. The molecular weight excluding hydrogens is 306 g/mol. The van der Waals surface area contributed by atoms with Crippen LogP contribution >= 0.6 is 0 Å². The van der Waals surface area contributed by atoms with Crippen molar-refractivity contribution in [2.45, 2.75) is 44.0 Å². The predicted molar refractivity (Wildman–Crippen MR) is 80.3 cm³/mol. The summed E-state index contributed by atoms with van der Waals surface area (Å²) >= 11 is 0. The standard InChI is InChI=1S/C15H19NO5S/c1-9(2)14(15(18)19)16-22(20,21)11-7-6-10-4-3-5-13(17)12(10)8-11/h6-9,14,16H,3-5H2,1-2H3,(H,18,19). The molecule has 2 rings (SSSR count). The number of hydrogen-bond acceptors (Lipinski definition) is 4. The molecule has 0 radical (unpaired) electrons. The predicted octanol–water partition coefficient (Wildman–Crippen LogP) is 1.59. The third-order valence-corrected chi connectivity index (χ3v) is 5.20. The zero-order valence-electron chi connectivity index (χ0n) is 12.5. The molecule has 0 spiro atoms. The van der Waals surface area contributed by atoms with Crippen molar-refractivity contribution in [3.63, 3.8) is 0 Å². The van der Waals surface area contributed by atoms with E-state index in [-0.39, 0.29) is 10.7 Å². The molecule has 22 heavy (non-hydrogen) atoms. The molecule has 1 unspecified atom stereocenters. The third-order valence-electron chi connectivity index (χ3n) is 3.76. The largest absolute Gasteiger partial charge is 0.480 e. The third kappa shape index (κ3) is 3.36. The Morgan fingerprint density at radius 3 is 2.55 bits per heavy atom. The van der Waals surface area contributed by atoms with E-state index in [0.717, 1.165) is 18.4 Å². The van der Waals surface area contributed by atoms with Crippen molar-refractivity contribution in [1.82, 2.24) is 4.72 Å². The highest BCUT2D eigenvalue weighted by Crippen LogP contribution is 2.24. The molecule has 0 fully saturated rings. The highest BCUT2D eigenvalue weighted by atomic mass is 32.2. The molecule has 0 heterocycles. The number of ketones is 1. The van der Waals surface area contributed by atoms with Gasteiger partial charge in [-0.25, -0.2) is 8.42 Å². The second-order valence-corrected chi connectivity index (χ2v) is 7.49. The number of hydrogen-bond donors (Lipinski definition) is 2. The van der Waals surface area contributed by atoms with Crippen LogP contribution in [0.4, 0.5) is 0 Å². The topological polar surface area (TPSA) is 101 Å². The first kappa shape index (κ1) is 16.6. The number of carboxylic acid groups (broad SMARTS) is 1. The van der Waals surface area contributed by atoms with E-state index in [1.165, 1.54) is 12.1 Å². The minimum absolute atomic E-state index is 0.0723. The minimum Gasteiger partial charge on any atom is -0.480 e. The van der Waals surface area contributed by atoms with Crippen LogP contribution in [0.1, 0.15) is 42.6 Å². The van der Waals surface area contributed by atoms with E-state index in [1.807, 2.05) is 0 Å². The van der Waals surface area contributed by atoms with Crippen LogP contribution in [0, 0.1) is 5.92 Å². The first-order valence-corrected chi connectivity index (χ1v) is 8.62. The van der Waals surface area contributed by atoms with Crippen molar-refractivity contribution >= 4 is 21.8 Å². The van der Waals surface area contributed by atoms with E-state index in [2.05, 4.69) is 4.72 Å². The molecule has 0 aromatic heterocycles. The Labute approximate surface area is 129 Å². The first-order valence-electron chi connectivity index (χ1n) is 7.13. The molecule has 6 nitrogen and oxygen atoms in total. The molecule has 0 amide bonds. The lowest BCUT2D eigenvalue weighted by Gasteiger charge is -2.19. The minimum atomic E-state index is -3.99. The van der Waals surface area contributed by atoms with Crippen LogP contribution in [0.2, 0.25) is 0 Å². The average molecular weight is 325 g/mol. The van der Waals surface area contributed by atoms with Gasteiger partial charge in [-0.2, -0.15) is 4.72 Å². The number of aryl methyl sites for hydroxylation is 1. The van der Waals surface area contributed by atoms with Crippen LogP contribution in [0.3, 0.4) is 0 Å². The molecule has 0 bridgehead atoms. The SMILES string of the molecule is CC(C)C(NS(=O)(=O)c1ccc2c(c1)C(=O)CCC2)C(=O)O. The number of carbonyl (C=O) groups excluding carboxylic acids is 1. The zero-order chi connectivity index (χ0) is 16.5. The lowest BCUT2D eigenvalue weighted by molar-refractivity contribution is -0.140. The number of rotatable bonds is 5. The maximum absolute atomic E-state index is 12.4.